The zero-order valence-electron chi connectivity index (χ0n) is 14.8. The summed E-state index contributed by atoms with van der Waals surface area (Å²) in [6.45, 7) is 15.5. The maximum absolute atomic E-state index is 4.58. The van der Waals surface area contributed by atoms with E-state index in [9.17, 15) is 0 Å². The SMILES string of the molecule is CC(CC/C(C)=C/CC/C(C)=C/CC(C)C)=NC(C)C. The number of hydrogen-bond acceptors (Lipinski definition) is 1. The summed E-state index contributed by atoms with van der Waals surface area (Å²) in [5.74, 6) is 0.769. The van der Waals surface area contributed by atoms with E-state index in [0.29, 0.717) is 6.04 Å². The lowest BCUT2D eigenvalue weighted by molar-refractivity contribution is 0.659. The molecule has 0 aliphatic heterocycles. The Morgan fingerprint density at radius 3 is 2.00 bits per heavy atom. The van der Waals surface area contributed by atoms with Gasteiger partial charge in [0.05, 0.1) is 0 Å². The molecule has 0 aliphatic carbocycles. The Morgan fingerprint density at radius 1 is 0.850 bits per heavy atom. The standard InChI is InChI=1S/C19H35N/c1-15(2)11-12-17(5)9-8-10-18(6)13-14-19(7)20-16(3)4/h10,12,15-16H,8-9,11,13-14H2,1-7H3/b17-12+,18-10+,20-19?. The molecule has 20 heavy (non-hydrogen) atoms. The van der Waals surface area contributed by atoms with E-state index in [0.717, 1.165) is 18.8 Å². The molecule has 116 valence electrons. The highest BCUT2D eigenvalue weighted by atomic mass is 14.8. The molecule has 0 fully saturated rings. The summed E-state index contributed by atoms with van der Waals surface area (Å²) >= 11 is 0. The summed E-state index contributed by atoms with van der Waals surface area (Å²) in [6.07, 6.45) is 10.6. The van der Waals surface area contributed by atoms with Gasteiger partial charge in [0.2, 0.25) is 0 Å². The van der Waals surface area contributed by atoms with Crippen LogP contribution in [0.15, 0.2) is 28.3 Å². The molecule has 0 spiro atoms. The topological polar surface area (TPSA) is 12.4 Å². The third-order valence-corrected chi connectivity index (χ3v) is 3.33. The fourth-order valence-corrected chi connectivity index (χ4v) is 2.07. The van der Waals surface area contributed by atoms with Crippen molar-refractivity contribution < 1.29 is 0 Å². The second kappa shape index (κ2) is 10.9. The molecule has 0 heterocycles. The van der Waals surface area contributed by atoms with Crippen molar-refractivity contribution in [3.63, 3.8) is 0 Å². The van der Waals surface area contributed by atoms with E-state index in [-0.39, 0.29) is 0 Å². The van der Waals surface area contributed by atoms with Crippen LogP contribution in [0.1, 0.15) is 80.6 Å². The van der Waals surface area contributed by atoms with E-state index < -0.39 is 0 Å². The second-order valence-electron chi connectivity index (χ2n) is 6.73. The highest BCUT2D eigenvalue weighted by Gasteiger charge is 1.97. The Balaban J connectivity index is 4.00. The zero-order chi connectivity index (χ0) is 15.5. The number of rotatable bonds is 9. The van der Waals surface area contributed by atoms with Crippen LogP contribution in [0.25, 0.3) is 0 Å². The van der Waals surface area contributed by atoms with Crippen LogP contribution in [0.5, 0.6) is 0 Å². The number of nitrogens with zero attached hydrogens (tertiary/aromatic N) is 1. The van der Waals surface area contributed by atoms with E-state index in [2.05, 4.69) is 65.6 Å². The van der Waals surface area contributed by atoms with Crippen LogP contribution in [0.2, 0.25) is 0 Å². The van der Waals surface area contributed by atoms with Crippen molar-refractivity contribution in [2.24, 2.45) is 10.9 Å². The first-order chi connectivity index (χ1) is 9.31. The van der Waals surface area contributed by atoms with Gasteiger partial charge in [-0.15, -0.1) is 0 Å². The predicted molar refractivity (Wildman–Crippen MR) is 93.7 cm³/mol. The maximum Gasteiger partial charge on any atom is 0.0442 e. The minimum absolute atomic E-state index is 0.424. The third-order valence-electron chi connectivity index (χ3n) is 3.33. The van der Waals surface area contributed by atoms with Crippen molar-refractivity contribution in [2.75, 3.05) is 0 Å². The number of hydrogen-bond donors (Lipinski definition) is 0. The van der Waals surface area contributed by atoms with Gasteiger partial charge in [-0.25, -0.2) is 0 Å². The Bertz CT molecular complexity index is 343. The third kappa shape index (κ3) is 12.2. The molecule has 0 aromatic carbocycles. The van der Waals surface area contributed by atoms with E-state index in [1.807, 2.05) is 0 Å². The van der Waals surface area contributed by atoms with Gasteiger partial charge in [0, 0.05) is 11.8 Å². The molecule has 0 saturated carbocycles. The van der Waals surface area contributed by atoms with Crippen molar-refractivity contribution in [2.45, 2.75) is 86.6 Å². The van der Waals surface area contributed by atoms with Crippen LogP contribution in [0, 0.1) is 5.92 Å². The van der Waals surface area contributed by atoms with Gasteiger partial charge in [0.15, 0.2) is 0 Å². The van der Waals surface area contributed by atoms with Crippen LogP contribution in [0.4, 0.5) is 0 Å². The second-order valence-corrected chi connectivity index (χ2v) is 6.73. The average Bonchev–Trinajstić information content (AvgIpc) is 2.33. The fourth-order valence-electron chi connectivity index (χ4n) is 2.07. The van der Waals surface area contributed by atoms with Crippen LogP contribution >= 0.6 is 0 Å². The molecule has 0 aromatic heterocycles. The minimum atomic E-state index is 0.424. The molecule has 0 atom stereocenters. The first-order valence-electron chi connectivity index (χ1n) is 8.15. The van der Waals surface area contributed by atoms with Gasteiger partial charge in [0.1, 0.15) is 0 Å². The monoisotopic (exact) mass is 277 g/mol. The quantitative estimate of drug-likeness (QED) is 0.344. The summed E-state index contributed by atoms with van der Waals surface area (Å²) in [7, 11) is 0. The molecule has 0 amide bonds. The van der Waals surface area contributed by atoms with Crippen molar-refractivity contribution in [1.82, 2.24) is 0 Å². The van der Waals surface area contributed by atoms with Crippen LogP contribution in [0.3, 0.4) is 0 Å². The molecule has 0 saturated heterocycles. The molecule has 0 N–H and O–H groups in total. The smallest absolute Gasteiger partial charge is 0.0442 e. The largest absolute Gasteiger partial charge is 0.292 e. The van der Waals surface area contributed by atoms with Gasteiger partial charge in [-0.05, 0) is 72.6 Å². The van der Waals surface area contributed by atoms with Crippen molar-refractivity contribution in [3.8, 4) is 0 Å². The molecule has 0 bridgehead atoms. The fraction of sp³-hybridized carbons (Fsp3) is 0.737. The normalized spacial score (nSPS) is 14.6. The summed E-state index contributed by atoms with van der Waals surface area (Å²) in [5.41, 5.74) is 4.31. The Labute approximate surface area is 127 Å². The molecule has 0 radical (unpaired) electrons. The number of aliphatic imine (C=N–C) groups is 1. The number of allylic oxidation sites excluding steroid dienone is 4. The molecule has 1 nitrogen and oxygen atoms in total. The van der Waals surface area contributed by atoms with Crippen molar-refractivity contribution in [1.29, 1.82) is 0 Å². The van der Waals surface area contributed by atoms with Crippen molar-refractivity contribution >= 4 is 5.71 Å². The van der Waals surface area contributed by atoms with Crippen LogP contribution < -0.4 is 0 Å². The molecule has 0 aromatic rings. The molecule has 1 heteroatoms. The Morgan fingerprint density at radius 2 is 1.45 bits per heavy atom. The zero-order valence-corrected chi connectivity index (χ0v) is 14.8. The molecular weight excluding hydrogens is 242 g/mol. The molecular formula is C19H35N. The lowest BCUT2D eigenvalue weighted by Crippen LogP contribution is -1.98. The summed E-state index contributed by atoms with van der Waals surface area (Å²) in [5, 5.41) is 0. The Hall–Kier alpha value is -0.850. The van der Waals surface area contributed by atoms with Gasteiger partial charge in [-0.1, -0.05) is 37.1 Å². The van der Waals surface area contributed by atoms with Gasteiger partial charge < -0.3 is 0 Å². The minimum Gasteiger partial charge on any atom is -0.292 e. The summed E-state index contributed by atoms with van der Waals surface area (Å²) < 4.78 is 0. The maximum atomic E-state index is 4.58. The van der Waals surface area contributed by atoms with E-state index >= 15 is 0 Å². The lowest BCUT2D eigenvalue weighted by Gasteiger charge is -2.05. The highest BCUT2D eigenvalue weighted by Crippen LogP contribution is 2.13. The molecule has 0 rings (SSSR count). The predicted octanol–water partition coefficient (Wildman–Crippen LogP) is 6.35. The van der Waals surface area contributed by atoms with Gasteiger partial charge in [-0.3, -0.25) is 4.99 Å². The van der Waals surface area contributed by atoms with Crippen LogP contribution in [-0.2, 0) is 0 Å². The van der Waals surface area contributed by atoms with Crippen molar-refractivity contribution in [3.05, 3.63) is 23.3 Å². The van der Waals surface area contributed by atoms with Gasteiger partial charge in [-0.2, -0.15) is 0 Å². The van der Waals surface area contributed by atoms with E-state index in [4.69, 9.17) is 0 Å². The van der Waals surface area contributed by atoms with E-state index in [1.165, 1.54) is 36.1 Å². The summed E-state index contributed by atoms with van der Waals surface area (Å²) in [6, 6.07) is 0.424. The highest BCUT2D eigenvalue weighted by molar-refractivity contribution is 5.82. The first kappa shape index (κ1) is 19.1. The summed E-state index contributed by atoms with van der Waals surface area (Å²) in [4.78, 5) is 4.58. The lowest BCUT2D eigenvalue weighted by atomic mass is 10.0. The van der Waals surface area contributed by atoms with E-state index in [1.54, 1.807) is 0 Å². The van der Waals surface area contributed by atoms with Crippen LogP contribution in [-0.4, -0.2) is 11.8 Å². The molecule has 0 unspecified atom stereocenters. The molecule has 0 aliphatic rings. The van der Waals surface area contributed by atoms with Gasteiger partial charge in [0.25, 0.3) is 0 Å². The Kier molecular flexibility index (Phi) is 10.4. The average molecular weight is 277 g/mol. The first-order valence-corrected chi connectivity index (χ1v) is 8.15. The van der Waals surface area contributed by atoms with Gasteiger partial charge >= 0.3 is 0 Å².